The zero-order chi connectivity index (χ0) is 16.9. The first-order valence-electron chi connectivity index (χ1n) is 7.26. The van der Waals surface area contributed by atoms with E-state index in [4.69, 9.17) is 16.3 Å². The van der Waals surface area contributed by atoms with Crippen LogP contribution in [-0.2, 0) is 11.3 Å². The molecule has 1 N–H and O–H groups in total. The van der Waals surface area contributed by atoms with Crippen LogP contribution in [0.4, 0.5) is 5.69 Å². The topological polar surface area (TPSA) is 69.0 Å². The van der Waals surface area contributed by atoms with E-state index in [1.54, 1.807) is 18.2 Å². The van der Waals surface area contributed by atoms with Gasteiger partial charge in [-0.2, -0.15) is 5.10 Å². The predicted molar refractivity (Wildman–Crippen MR) is 91.4 cm³/mol. The number of carbonyl (C=O) groups excluding carboxylic acids is 1. The maximum atomic E-state index is 12.1. The highest BCUT2D eigenvalue weighted by molar-refractivity contribution is 6.31. The molecular weight excluding hydrogens is 328 g/mol. The summed E-state index contributed by atoms with van der Waals surface area (Å²) >= 11 is 6.03. The largest absolute Gasteiger partial charge is 0.455 e. The van der Waals surface area contributed by atoms with E-state index in [1.165, 1.54) is 17.3 Å². The van der Waals surface area contributed by atoms with Gasteiger partial charge in [0, 0.05) is 5.02 Å². The van der Waals surface area contributed by atoms with Gasteiger partial charge in [0.15, 0.2) is 5.75 Å². The van der Waals surface area contributed by atoms with Gasteiger partial charge in [-0.3, -0.25) is 4.79 Å². The van der Waals surface area contributed by atoms with Gasteiger partial charge in [0.05, 0.1) is 5.69 Å². The molecule has 0 unspecified atom stereocenters. The molecule has 6 nitrogen and oxygen atoms in total. The number of benzene rings is 2. The van der Waals surface area contributed by atoms with Crippen LogP contribution in [0.5, 0.6) is 11.5 Å². The van der Waals surface area contributed by atoms with Gasteiger partial charge in [0.25, 0.3) is 0 Å². The number of anilines is 1. The Labute approximate surface area is 144 Å². The van der Waals surface area contributed by atoms with Gasteiger partial charge in [0.2, 0.25) is 5.91 Å². The maximum Gasteiger partial charge on any atom is 0.246 e. The first-order chi connectivity index (χ1) is 11.6. The van der Waals surface area contributed by atoms with Crippen molar-refractivity contribution in [2.24, 2.45) is 0 Å². The van der Waals surface area contributed by atoms with Crippen molar-refractivity contribution >= 4 is 23.2 Å². The van der Waals surface area contributed by atoms with Crippen molar-refractivity contribution in [1.29, 1.82) is 0 Å². The molecular formula is C17H15ClN4O2. The Hall–Kier alpha value is -2.86. The SMILES string of the molecule is Cc1ccc(Oc2ccc(Cl)cc2NC(=O)Cn2cncn2)cc1. The summed E-state index contributed by atoms with van der Waals surface area (Å²) in [6.45, 7) is 2.05. The monoisotopic (exact) mass is 342 g/mol. The lowest BCUT2D eigenvalue weighted by Crippen LogP contribution is -2.19. The Morgan fingerprint density at radius 1 is 1.25 bits per heavy atom. The van der Waals surface area contributed by atoms with E-state index < -0.39 is 0 Å². The fourth-order valence-electron chi connectivity index (χ4n) is 2.07. The van der Waals surface area contributed by atoms with Crippen LogP contribution in [0.25, 0.3) is 0 Å². The van der Waals surface area contributed by atoms with Gasteiger partial charge in [-0.05, 0) is 37.3 Å². The molecule has 3 rings (SSSR count). The van der Waals surface area contributed by atoms with Crippen molar-refractivity contribution in [2.45, 2.75) is 13.5 Å². The van der Waals surface area contributed by atoms with E-state index in [-0.39, 0.29) is 12.5 Å². The molecule has 0 aliphatic heterocycles. The predicted octanol–water partition coefficient (Wildman–Crippen LogP) is 3.67. The molecule has 0 saturated carbocycles. The maximum absolute atomic E-state index is 12.1. The van der Waals surface area contributed by atoms with Crippen LogP contribution >= 0.6 is 11.6 Å². The normalized spacial score (nSPS) is 10.4. The summed E-state index contributed by atoms with van der Waals surface area (Å²) in [6.07, 6.45) is 2.85. The summed E-state index contributed by atoms with van der Waals surface area (Å²) in [5, 5.41) is 7.19. The first-order valence-corrected chi connectivity index (χ1v) is 7.64. The minimum atomic E-state index is -0.253. The molecule has 2 aromatic carbocycles. The number of aryl methyl sites for hydroxylation is 1. The number of nitrogens with one attached hydrogen (secondary N) is 1. The molecule has 1 aromatic heterocycles. The minimum Gasteiger partial charge on any atom is -0.455 e. The number of hydrogen-bond acceptors (Lipinski definition) is 4. The molecule has 1 amide bonds. The fourth-order valence-corrected chi connectivity index (χ4v) is 2.25. The van der Waals surface area contributed by atoms with Gasteiger partial charge in [-0.15, -0.1) is 0 Å². The van der Waals surface area contributed by atoms with Crippen molar-refractivity contribution in [2.75, 3.05) is 5.32 Å². The van der Waals surface area contributed by atoms with Crippen molar-refractivity contribution in [3.63, 3.8) is 0 Å². The van der Waals surface area contributed by atoms with Crippen LogP contribution in [0, 0.1) is 6.92 Å². The van der Waals surface area contributed by atoms with Gasteiger partial charge >= 0.3 is 0 Å². The van der Waals surface area contributed by atoms with E-state index in [2.05, 4.69) is 15.4 Å². The minimum absolute atomic E-state index is 0.0521. The second kappa shape index (κ2) is 7.14. The quantitative estimate of drug-likeness (QED) is 0.768. The van der Waals surface area contributed by atoms with Crippen LogP contribution < -0.4 is 10.1 Å². The molecule has 0 atom stereocenters. The van der Waals surface area contributed by atoms with Crippen LogP contribution in [0.2, 0.25) is 5.02 Å². The summed E-state index contributed by atoms with van der Waals surface area (Å²) in [5.74, 6) is 0.932. The number of carbonyl (C=O) groups is 1. The first kappa shape index (κ1) is 16.0. The standard InChI is InChI=1S/C17H15ClN4O2/c1-12-2-5-14(6-3-12)24-16-7-4-13(18)8-15(16)21-17(23)9-22-11-19-10-20-22/h2-8,10-11H,9H2,1H3,(H,21,23). The smallest absolute Gasteiger partial charge is 0.246 e. The fraction of sp³-hybridized carbons (Fsp3) is 0.118. The molecule has 0 aliphatic rings. The van der Waals surface area contributed by atoms with Crippen molar-refractivity contribution < 1.29 is 9.53 Å². The van der Waals surface area contributed by atoms with Gasteiger partial charge in [-0.25, -0.2) is 9.67 Å². The van der Waals surface area contributed by atoms with Crippen molar-refractivity contribution in [3.05, 3.63) is 65.7 Å². The second-order valence-electron chi connectivity index (χ2n) is 5.20. The highest BCUT2D eigenvalue weighted by Gasteiger charge is 2.11. The molecule has 0 spiro atoms. The van der Waals surface area contributed by atoms with Crippen LogP contribution in [0.3, 0.4) is 0 Å². The summed E-state index contributed by atoms with van der Waals surface area (Å²) < 4.78 is 7.28. The second-order valence-corrected chi connectivity index (χ2v) is 5.63. The number of hydrogen-bond donors (Lipinski definition) is 1. The van der Waals surface area contributed by atoms with Crippen molar-refractivity contribution in [3.8, 4) is 11.5 Å². The average molecular weight is 343 g/mol. The molecule has 1 heterocycles. The third kappa shape index (κ3) is 4.11. The lowest BCUT2D eigenvalue weighted by molar-refractivity contribution is -0.116. The van der Waals surface area contributed by atoms with Crippen LogP contribution in [0.15, 0.2) is 55.1 Å². The number of nitrogens with zero attached hydrogens (tertiary/aromatic N) is 3. The summed E-state index contributed by atoms with van der Waals surface area (Å²) in [7, 11) is 0. The number of amides is 1. The summed E-state index contributed by atoms with van der Waals surface area (Å²) in [4.78, 5) is 15.9. The van der Waals surface area contributed by atoms with Crippen LogP contribution in [0.1, 0.15) is 5.56 Å². The number of rotatable bonds is 5. The van der Waals surface area contributed by atoms with Crippen LogP contribution in [-0.4, -0.2) is 20.7 Å². The Bertz CT molecular complexity index is 832. The molecule has 122 valence electrons. The highest BCUT2D eigenvalue weighted by Crippen LogP contribution is 2.32. The third-order valence-corrected chi connectivity index (χ3v) is 3.47. The molecule has 0 bridgehead atoms. The van der Waals surface area contributed by atoms with Gasteiger partial charge < -0.3 is 10.1 Å². The van der Waals surface area contributed by atoms with Gasteiger partial charge in [-0.1, -0.05) is 29.3 Å². The summed E-state index contributed by atoms with van der Waals surface area (Å²) in [6, 6.07) is 12.7. The molecule has 0 aliphatic carbocycles. The van der Waals surface area contributed by atoms with E-state index in [9.17, 15) is 4.79 Å². The average Bonchev–Trinajstić information content (AvgIpc) is 3.05. The molecule has 0 radical (unpaired) electrons. The van der Waals surface area contributed by atoms with E-state index >= 15 is 0 Å². The molecule has 24 heavy (non-hydrogen) atoms. The third-order valence-electron chi connectivity index (χ3n) is 3.24. The molecule has 0 saturated heterocycles. The molecule has 0 fully saturated rings. The zero-order valence-electron chi connectivity index (χ0n) is 12.9. The molecule has 3 aromatic rings. The lowest BCUT2D eigenvalue weighted by atomic mass is 10.2. The number of aromatic nitrogens is 3. The molecule has 7 heteroatoms. The van der Waals surface area contributed by atoms with Crippen molar-refractivity contribution in [1.82, 2.24) is 14.8 Å². The Morgan fingerprint density at radius 3 is 2.75 bits per heavy atom. The van der Waals surface area contributed by atoms with E-state index in [0.717, 1.165) is 5.56 Å². The van der Waals surface area contributed by atoms with E-state index in [1.807, 2.05) is 31.2 Å². The number of halogens is 1. The van der Waals surface area contributed by atoms with Gasteiger partial charge in [0.1, 0.15) is 24.9 Å². The summed E-state index contributed by atoms with van der Waals surface area (Å²) in [5.41, 5.74) is 1.63. The number of ether oxygens (including phenoxy) is 1. The lowest BCUT2D eigenvalue weighted by Gasteiger charge is -2.13. The Balaban J connectivity index is 1.77. The Kier molecular flexibility index (Phi) is 4.77. The Morgan fingerprint density at radius 2 is 2.04 bits per heavy atom. The van der Waals surface area contributed by atoms with E-state index in [0.29, 0.717) is 22.2 Å². The highest BCUT2D eigenvalue weighted by atomic mass is 35.5. The zero-order valence-corrected chi connectivity index (χ0v) is 13.7.